The van der Waals surface area contributed by atoms with Crippen LogP contribution in [-0.4, -0.2) is 27.8 Å². The third-order valence-electron chi connectivity index (χ3n) is 4.44. The van der Waals surface area contributed by atoms with Crippen LogP contribution in [0.15, 0.2) is 18.5 Å². The van der Waals surface area contributed by atoms with Crippen LogP contribution in [0.2, 0.25) is 0 Å². The number of hydrogen-bond acceptors (Lipinski definition) is 5. The second-order valence-corrected chi connectivity index (χ2v) is 5.81. The Balaban J connectivity index is 1.70. The van der Waals surface area contributed by atoms with Gasteiger partial charge in [0.25, 0.3) is 0 Å². The van der Waals surface area contributed by atoms with Gasteiger partial charge in [-0.15, -0.1) is 0 Å². The van der Waals surface area contributed by atoms with Gasteiger partial charge in [0.1, 0.15) is 11.6 Å². The van der Waals surface area contributed by atoms with Crippen molar-refractivity contribution in [2.45, 2.75) is 32.2 Å². The number of carbonyl (C=O) groups is 1. The SMILES string of the molecule is COC(=O)C1CCC(Cn2ncc3ncc(C#N)cc32)CC1. The molecule has 0 radical (unpaired) electrons. The highest BCUT2D eigenvalue weighted by atomic mass is 16.5. The maximum Gasteiger partial charge on any atom is 0.308 e. The van der Waals surface area contributed by atoms with Gasteiger partial charge in [-0.3, -0.25) is 14.5 Å². The van der Waals surface area contributed by atoms with Crippen molar-refractivity contribution in [2.75, 3.05) is 7.11 Å². The Morgan fingerprint density at radius 3 is 2.86 bits per heavy atom. The number of nitrogens with zero attached hydrogens (tertiary/aromatic N) is 4. The molecule has 1 aliphatic carbocycles. The number of fused-ring (bicyclic) bond motifs is 1. The molecular formula is C16H18N4O2. The second kappa shape index (κ2) is 6.14. The number of carbonyl (C=O) groups excluding carboxylic acids is 1. The number of ether oxygens (including phenoxy) is 1. The monoisotopic (exact) mass is 298 g/mol. The lowest BCUT2D eigenvalue weighted by molar-refractivity contribution is -0.146. The first-order chi connectivity index (χ1) is 10.7. The number of hydrogen-bond donors (Lipinski definition) is 0. The fourth-order valence-corrected chi connectivity index (χ4v) is 3.16. The minimum Gasteiger partial charge on any atom is -0.469 e. The standard InChI is InChI=1S/C16H18N4O2/c1-22-16(21)13-4-2-11(3-5-13)10-20-15-6-12(7-17)8-18-14(15)9-19-20/h6,8-9,11,13H,2-5,10H2,1H3. The lowest BCUT2D eigenvalue weighted by atomic mass is 9.82. The molecule has 22 heavy (non-hydrogen) atoms. The van der Waals surface area contributed by atoms with Gasteiger partial charge < -0.3 is 4.74 Å². The Morgan fingerprint density at radius 2 is 2.18 bits per heavy atom. The fourth-order valence-electron chi connectivity index (χ4n) is 3.16. The Bertz CT molecular complexity index is 723. The van der Waals surface area contributed by atoms with Gasteiger partial charge in [0.2, 0.25) is 0 Å². The summed E-state index contributed by atoms with van der Waals surface area (Å²) in [4.78, 5) is 15.8. The molecule has 0 amide bonds. The smallest absolute Gasteiger partial charge is 0.308 e. The van der Waals surface area contributed by atoms with Gasteiger partial charge >= 0.3 is 5.97 Å². The number of methoxy groups -OCH3 is 1. The summed E-state index contributed by atoms with van der Waals surface area (Å²) in [6.07, 6.45) is 7.03. The molecule has 0 N–H and O–H groups in total. The average molecular weight is 298 g/mol. The molecule has 3 rings (SSSR count). The van der Waals surface area contributed by atoms with Crippen LogP contribution in [-0.2, 0) is 16.1 Å². The van der Waals surface area contributed by atoms with Crippen LogP contribution in [0.5, 0.6) is 0 Å². The Kier molecular flexibility index (Phi) is 4.05. The van der Waals surface area contributed by atoms with Gasteiger partial charge in [0.05, 0.1) is 30.3 Å². The molecule has 6 heteroatoms. The molecule has 1 fully saturated rings. The number of nitriles is 1. The number of aromatic nitrogens is 3. The van der Waals surface area contributed by atoms with Crippen molar-refractivity contribution < 1.29 is 9.53 Å². The minimum absolute atomic E-state index is 0.0440. The van der Waals surface area contributed by atoms with E-state index in [0.29, 0.717) is 11.5 Å². The third-order valence-corrected chi connectivity index (χ3v) is 4.44. The van der Waals surface area contributed by atoms with E-state index in [9.17, 15) is 4.79 Å². The summed E-state index contributed by atoms with van der Waals surface area (Å²) in [6.45, 7) is 0.800. The Hall–Kier alpha value is -2.42. The van der Waals surface area contributed by atoms with Crippen molar-refractivity contribution in [2.24, 2.45) is 11.8 Å². The molecule has 2 aromatic rings. The molecule has 2 aromatic heterocycles. The average Bonchev–Trinajstić information content (AvgIpc) is 2.97. The molecule has 6 nitrogen and oxygen atoms in total. The van der Waals surface area contributed by atoms with Gasteiger partial charge in [-0.25, -0.2) is 0 Å². The van der Waals surface area contributed by atoms with E-state index < -0.39 is 0 Å². The summed E-state index contributed by atoms with van der Waals surface area (Å²) in [5, 5.41) is 13.4. The van der Waals surface area contributed by atoms with Gasteiger partial charge in [0, 0.05) is 12.7 Å². The van der Waals surface area contributed by atoms with Gasteiger partial charge in [-0.2, -0.15) is 10.4 Å². The van der Waals surface area contributed by atoms with Gasteiger partial charge in [-0.1, -0.05) is 0 Å². The normalized spacial score (nSPS) is 21.5. The van der Waals surface area contributed by atoms with E-state index in [-0.39, 0.29) is 11.9 Å². The summed E-state index contributed by atoms with van der Waals surface area (Å²) < 4.78 is 6.74. The topological polar surface area (TPSA) is 80.8 Å². The van der Waals surface area contributed by atoms with Gasteiger partial charge in [-0.05, 0) is 37.7 Å². The molecule has 0 bridgehead atoms. The molecule has 1 aliphatic rings. The van der Waals surface area contributed by atoms with Crippen LogP contribution in [0.1, 0.15) is 31.2 Å². The van der Waals surface area contributed by atoms with E-state index in [1.165, 1.54) is 7.11 Å². The van der Waals surface area contributed by atoms with Crippen LogP contribution in [0, 0.1) is 23.2 Å². The molecule has 114 valence electrons. The molecule has 0 aromatic carbocycles. The van der Waals surface area contributed by atoms with Crippen molar-refractivity contribution in [3.63, 3.8) is 0 Å². The summed E-state index contributed by atoms with van der Waals surface area (Å²) in [6, 6.07) is 3.94. The van der Waals surface area contributed by atoms with Crippen LogP contribution in [0.4, 0.5) is 0 Å². The minimum atomic E-state index is -0.0918. The number of rotatable bonds is 3. The van der Waals surface area contributed by atoms with Gasteiger partial charge in [0.15, 0.2) is 0 Å². The van der Waals surface area contributed by atoms with Crippen molar-refractivity contribution in [3.8, 4) is 6.07 Å². The summed E-state index contributed by atoms with van der Waals surface area (Å²) in [5.41, 5.74) is 2.25. The van der Waals surface area contributed by atoms with E-state index in [4.69, 9.17) is 10.00 Å². The van der Waals surface area contributed by atoms with Crippen molar-refractivity contribution in [1.82, 2.24) is 14.8 Å². The molecule has 0 unspecified atom stereocenters. The maximum atomic E-state index is 11.6. The van der Waals surface area contributed by atoms with E-state index in [1.807, 2.05) is 10.7 Å². The van der Waals surface area contributed by atoms with Crippen molar-refractivity contribution in [3.05, 3.63) is 24.0 Å². The molecule has 0 saturated heterocycles. The lowest BCUT2D eigenvalue weighted by Crippen LogP contribution is -2.25. The largest absolute Gasteiger partial charge is 0.469 e. The molecule has 0 spiro atoms. The fraction of sp³-hybridized carbons (Fsp3) is 0.500. The predicted molar refractivity (Wildman–Crippen MR) is 79.7 cm³/mol. The van der Waals surface area contributed by atoms with E-state index in [0.717, 1.165) is 43.3 Å². The Labute approximate surface area is 128 Å². The van der Waals surface area contributed by atoms with Crippen molar-refractivity contribution >= 4 is 17.0 Å². The van der Waals surface area contributed by atoms with Crippen LogP contribution < -0.4 is 0 Å². The molecular weight excluding hydrogens is 280 g/mol. The highest BCUT2D eigenvalue weighted by Crippen LogP contribution is 2.31. The second-order valence-electron chi connectivity index (χ2n) is 5.81. The summed E-state index contributed by atoms with van der Waals surface area (Å²) >= 11 is 0. The first kappa shape index (κ1) is 14.5. The van der Waals surface area contributed by atoms with Crippen LogP contribution in [0.25, 0.3) is 11.0 Å². The Morgan fingerprint density at radius 1 is 1.41 bits per heavy atom. The van der Waals surface area contributed by atoms with Crippen molar-refractivity contribution in [1.29, 1.82) is 5.26 Å². The zero-order valence-electron chi connectivity index (χ0n) is 12.5. The zero-order valence-corrected chi connectivity index (χ0v) is 12.5. The van der Waals surface area contributed by atoms with Crippen LogP contribution >= 0.6 is 0 Å². The lowest BCUT2D eigenvalue weighted by Gasteiger charge is -2.26. The number of esters is 1. The number of pyridine rings is 1. The summed E-state index contributed by atoms with van der Waals surface area (Å²) in [7, 11) is 1.45. The first-order valence-corrected chi connectivity index (χ1v) is 7.50. The van der Waals surface area contributed by atoms with E-state index >= 15 is 0 Å². The quantitative estimate of drug-likeness (QED) is 0.812. The van der Waals surface area contributed by atoms with Crippen LogP contribution in [0.3, 0.4) is 0 Å². The molecule has 0 aliphatic heterocycles. The highest BCUT2D eigenvalue weighted by molar-refractivity contribution is 5.75. The highest BCUT2D eigenvalue weighted by Gasteiger charge is 2.27. The maximum absolute atomic E-state index is 11.6. The zero-order chi connectivity index (χ0) is 15.5. The molecule has 1 saturated carbocycles. The van der Waals surface area contributed by atoms with E-state index in [1.54, 1.807) is 12.4 Å². The first-order valence-electron chi connectivity index (χ1n) is 7.50. The summed E-state index contributed by atoms with van der Waals surface area (Å²) in [5.74, 6) is 0.447. The molecule has 0 atom stereocenters. The molecule has 2 heterocycles. The van der Waals surface area contributed by atoms with E-state index in [2.05, 4.69) is 16.2 Å². The predicted octanol–water partition coefficient (Wildman–Crippen LogP) is 2.28. The third kappa shape index (κ3) is 2.80.